The van der Waals surface area contributed by atoms with Gasteiger partial charge in [-0.2, -0.15) is 5.10 Å². The quantitative estimate of drug-likeness (QED) is 0.602. The van der Waals surface area contributed by atoms with Crippen molar-refractivity contribution in [3.63, 3.8) is 0 Å². The summed E-state index contributed by atoms with van der Waals surface area (Å²) in [6.07, 6.45) is 4.69. The molecule has 0 bridgehead atoms. The maximum absolute atomic E-state index is 6.30. The molecule has 0 amide bonds. The van der Waals surface area contributed by atoms with E-state index in [1.54, 1.807) is 30.7 Å². The molecule has 1 aromatic heterocycles. The summed E-state index contributed by atoms with van der Waals surface area (Å²) in [5, 5.41) is 5.71. The highest BCUT2D eigenvalue weighted by atomic mass is 35.5. The molecule has 0 radical (unpaired) electrons. The Morgan fingerprint density at radius 2 is 1.96 bits per heavy atom. The lowest BCUT2D eigenvalue weighted by Crippen LogP contribution is -2.14. The van der Waals surface area contributed by atoms with Crippen molar-refractivity contribution in [2.24, 2.45) is 0 Å². The first-order valence-corrected chi connectivity index (χ1v) is 8.39. The number of hydroxylamine groups is 1. The molecule has 0 spiro atoms. The number of rotatable bonds is 6. The predicted octanol–water partition coefficient (Wildman–Crippen LogP) is 4.92. The van der Waals surface area contributed by atoms with Crippen LogP contribution in [0, 0.1) is 0 Å². The van der Waals surface area contributed by atoms with Crippen LogP contribution in [0.4, 0.5) is 0 Å². The molecule has 3 aromatic rings. The molecule has 2 aromatic carbocycles. The number of nitrogens with zero attached hydrogens (tertiary/aromatic N) is 3. The van der Waals surface area contributed by atoms with Crippen LogP contribution in [0.2, 0.25) is 15.1 Å². The number of halogens is 3. The van der Waals surface area contributed by atoms with E-state index in [0.29, 0.717) is 26.3 Å². The van der Waals surface area contributed by atoms with E-state index in [9.17, 15) is 0 Å². The number of aromatic nitrogens is 3. The van der Waals surface area contributed by atoms with E-state index in [1.165, 1.54) is 11.0 Å². The minimum atomic E-state index is 0.277. The van der Waals surface area contributed by atoms with Crippen LogP contribution in [0.1, 0.15) is 11.1 Å². The van der Waals surface area contributed by atoms with E-state index >= 15 is 0 Å². The molecular formula is C17H13Cl3N4O. The summed E-state index contributed by atoms with van der Waals surface area (Å²) in [6.45, 7) is 0.277. The SMILES string of the molecule is Clc1ccc(C(=Cn2cncn2)NOCc2ccccc2Cl)c(Cl)c1. The van der Waals surface area contributed by atoms with E-state index in [4.69, 9.17) is 39.6 Å². The summed E-state index contributed by atoms with van der Waals surface area (Å²) in [4.78, 5) is 9.51. The van der Waals surface area contributed by atoms with Gasteiger partial charge in [-0.3, -0.25) is 10.3 Å². The zero-order valence-electron chi connectivity index (χ0n) is 12.9. The molecule has 1 heterocycles. The highest BCUT2D eigenvalue weighted by Crippen LogP contribution is 2.26. The molecule has 3 rings (SSSR count). The standard InChI is InChI=1S/C17H13Cl3N4O/c18-13-5-6-14(16(20)7-13)17(8-24-11-21-10-22-24)23-25-9-12-3-1-2-4-15(12)19/h1-8,10-11,23H,9H2. The minimum Gasteiger partial charge on any atom is -0.271 e. The van der Waals surface area contributed by atoms with Gasteiger partial charge in [0.1, 0.15) is 19.3 Å². The van der Waals surface area contributed by atoms with Gasteiger partial charge < -0.3 is 0 Å². The van der Waals surface area contributed by atoms with Gasteiger partial charge in [0.2, 0.25) is 0 Å². The third-order valence-corrected chi connectivity index (χ3v) is 4.20. The lowest BCUT2D eigenvalue weighted by molar-refractivity contribution is 0.0649. The first kappa shape index (κ1) is 17.8. The van der Waals surface area contributed by atoms with Crippen LogP contribution in [-0.4, -0.2) is 14.8 Å². The molecule has 8 heteroatoms. The second-order valence-corrected chi connectivity index (χ2v) is 6.28. The predicted molar refractivity (Wildman–Crippen MR) is 100 cm³/mol. The fraction of sp³-hybridized carbons (Fsp3) is 0.0588. The second-order valence-electron chi connectivity index (χ2n) is 5.02. The van der Waals surface area contributed by atoms with Gasteiger partial charge in [0, 0.05) is 15.6 Å². The molecule has 0 unspecified atom stereocenters. The monoisotopic (exact) mass is 394 g/mol. The topological polar surface area (TPSA) is 52.0 Å². The maximum atomic E-state index is 6.30. The van der Waals surface area contributed by atoms with Crippen molar-refractivity contribution < 1.29 is 4.84 Å². The van der Waals surface area contributed by atoms with E-state index in [-0.39, 0.29) is 6.61 Å². The van der Waals surface area contributed by atoms with Crippen LogP contribution in [0.5, 0.6) is 0 Å². The number of benzene rings is 2. The molecule has 0 saturated heterocycles. The zero-order valence-corrected chi connectivity index (χ0v) is 15.1. The Bertz CT molecular complexity index is 881. The van der Waals surface area contributed by atoms with Crippen molar-refractivity contribution >= 4 is 46.7 Å². The maximum Gasteiger partial charge on any atom is 0.138 e. The Morgan fingerprint density at radius 1 is 1.12 bits per heavy atom. The lowest BCUT2D eigenvalue weighted by Gasteiger charge is -2.13. The molecule has 1 N–H and O–H groups in total. The number of hydrogen-bond donors (Lipinski definition) is 1. The smallest absolute Gasteiger partial charge is 0.138 e. The fourth-order valence-electron chi connectivity index (χ4n) is 2.08. The summed E-state index contributed by atoms with van der Waals surface area (Å²) in [6, 6.07) is 12.6. The first-order chi connectivity index (χ1) is 12.1. The Kier molecular flexibility index (Phi) is 5.94. The molecule has 0 fully saturated rings. The average molecular weight is 396 g/mol. The molecule has 0 atom stereocenters. The van der Waals surface area contributed by atoms with Crippen LogP contribution in [0.15, 0.2) is 55.1 Å². The third kappa shape index (κ3) is 4.74. The van der Waals surface area contributed by atoms with Gasteiger partial charge in [-0.25, -0.2) is 9.67 Å². The van der Waals surface area contributed by atoms with Crippen LogP contribution in [0.3, 0.4) is 0 Å². The Morgan fingerprint density at radius 3 is 2.68 bits per heavy atom. The van der Waals surface area contributed by atoms with Gasteiger partial charge in [0.25, 0.3) is 0 Å². The van der Waals surface area contributed by atoms with Gasteiger partial charge >= 0.3 is 0 Å². The van der Waals surface area contributed by atoms with Crippen molar-refractivity contribution in [2.75, 3.05) is 0 Å². The van der Waals surface area contributed by atoms with Crippen molar-refractivity contribution in [3.8, 4) is 0 Å². The van der Waals surface area contributed by atoms with Crippen molar-refractivity contribution in [1.29, 1.82) is 0 Å². The van der Waals surface area contributed by atoms with Gasteiger partial charge in [0.05, 0.1) is 16.9 Å². The number of nitrogens with one attached hydrogen (secondary N) is 1. The van der Waals surface area contributed by atoms with E-state index in [0.717, 1.165) is 5.56 Å². The van der Waals surface area contributed by atoms with E-state index in [2.05, 4.69) is 15.6 Å². The molecule has 0 aliphatic heterocycles. The molecule has 128 valence electrons. The largest absolute Gasteiger partial charge is 0.271 e. The third-order valence-electron chi connectivity index (χ3n) is 3.29. The van der Waals surface area contributed by atoms with Crippen molar-refractivity contribution in [3.05, 3.63) is 81.3 Å². The first-order valence-electron chi connectivity index (χ1n) is 7.26. The summed E-state index contributed by atoms with van der Waals surface area (Å²) in [5.41, 5.74) is 5.06. The summed E-state index contributed by atoms with van der Waals surface area (Å²) < 4.78 is 1.53. The normalized spacial score (nSPS) is 11.6. The Balaban J connectivity index is 1.81. The van der Waals surface area contributed by atoms with Gasteiger partial charge in [-0.1, -0.05) is 53.0 Å². The molecule has 0 aliphatic carbocycles. The fourth-order valence-corrected chi connectivity index (χ4v) is 2.78. The summed E-state index contributed by atoms with van der Waals surface area (Å²) in [7, 11) is 0. The van der Waals surface area contributed by atoms with Gasteiger partial charge in [-0.15, -0.1) is 0 Å². The van der Waals surface area contributed by atoms with Gasteiger partial charge in [-0.05, 0) is 29.8 Å². The van der Waals surface area contributed by atoms with Crippen molar-refractivity contribution in [2.45, 2.75) is 6.61 Å². The Labute approximate surface area is 159 Å². The Hall–Kier alpha value is -2.05. The number of hydrogen-bond acceptors (Lipinski definition) is 4. The van der Waals surface area contributed by atoms with E-state index < -0.39 is 0 Å². The van der Waals surface area contributed by atoms with E-state index in [1.807, 2.05) is 24.3 Å². The molecule has 0 aliphatic rings. The highest BCUT2D eigenvalue weighted by molar-refractivity contribution is 6.35. The summed E-state index contributed by atoms with van der Waals surface area (Å²) >= 11 is 18.4. The molecular weight excluding hydrogens is 383 g/mol. The second kappa shape index (κ2) is 8.36. The molecule has 5 nitrogen and oxygen atoms in total. The average Bonchev–Trinajstić information content (AvgIpc) is 3.09. The summed E-state index contributed by atoms with van der Waals surface area (Å²) in [5.74, 6) is 0. The zero-order chi connectivity index (χ0) is 17.6. The lowest BCUT2D eigenvalue weighted by atomic mass is 10.2. The van der Waals surface area contributed by atoms with Crippen LogP contribution in [-0.2, 0) is 11.4 Å². The van der Waals surface area contributed by atoms with Crippen LogP contribution in [0.25, 0.3) is 11.9 Å². The van der Waals surface area contributed by atoms with Crippen LogP contribution < -0.4 is 5.48 Å². The van der Waals surface area contributed by atoms with Crippen LogP contribution >= 0.6 is 34.8 Å². The van der Waals surface area contributed by atoms with Crippen molar-refractivity contribution in [1.82, 2.24) is 20.2 Å². The minimum absolute atomic E-state index is 0.277. The molecule has 0 saturated carbocycles. The highest BCUT2D eigenvalue weighted by Gasteiger charge is 2.09. The van der Waals surface area contributed by atoms with Gasteiger partial charge in [0.15, 0.2) is 0 Å². The molecule has 25 heavy (non-hydrogen) atoms.